The van der Waals surface area contributed by atoms with Gasteiger partial charge in [0.2, 0.25) is 6.71 Å². The van der Waals surface area contributed by atoms with Crippen LogP contribution in [0.15, 0.2) is 84.9 Å². The van der Waals surface area contributed by atoms with Crippen LogP contribution in [0.3, 0.4) is 0 Å². The highest BCUT2D eigenvalue weighted by molar-refractivity contribution is 6.90. The van der Waals surface area contributed by atoms with E-state index in [-0.39, 0.29) is 21.7 Å². The summed E-state index contributed by atoms with van der Waals surface area (Å²) in [5.41, 5.74) is 15.2. The first-order valence-electron chi connectivity index (χ1n) is 20.5. The molecule has 1 saturated carbocycles. The van der Waals surface area contributed by atoms with Gasteiger partial charge in [0, 0.05) is 42.9 Å². The van der Waals surface area contributed by atoms with Crippen LogP contribution < -0.4 is 20.7 Å². The Morgan fingerprint density at radius 1 is 0.491 bits per heavy atom. The number of benzene rings is 4. The van der Waals surface area contributed by atoms with Gasteiger partial charge in [-0.05, 0) is 105 Å². The molecular formula is C49H67BN2Si. The zero-order valence-corrected chi connectivity index (χ0v) is 36.8. The van der Waals surface area contributed by atoms with Gasteiger partial charge >= 0.3 is 0 Å². The first-order valence-corrected chi connectivity index (χ1v) is 24.1. The Hall–Kier alpha value is -3.24. The predicted molar refractivity (Wildman–Crippen MR) is 238 cm³/mol. The summed E-state index contributed by atoms with van der Waals surface area (Å²) in [6.07, 6.45) is 2.49. The van der Waals surface area contributed by atoms with Crippen molar-refractivity contribution in [1.29, 1.82) is 0 Å². The average Bonchev–Trinajstić information content (AvgIpc) is 3.05. The molecule has 4 unspecified atom stereocenters. The summed E-state index contributed by atoms with van der Waals surface area (Å²) < 4.78 is 0. The van der Waals surface area contributed by atoms with Gasteiger partial charge in [-0.3, -0.25) is 0 Å². The van der Waals surface area contributed by atoms with E-state index in [9.17, 15) is 0 Å². The maximum absolute atomic E-state index is 2.87. The molecule has 0 N–H and O–H groups in total. The van der Waals surface area contributed by atoms with Crippen LogP contribution in [0.25, 0.3) is 0 Å². The highest BCUT2D eigenvalue weighted by Gasteiger charge is 2.59. The third-order valence-corrected chi connectivity index (χ3v) is 16.0. The summed E-state index contributed by atoms with van der Waals surface area (Å²) in [5.74, 6) is 0.440. The van der Waals surface area contributed by atoms with Crippen molar-refractivity contribution in [3.8, 4) is 0 Å². The van der Waals surface area contributed by atoms with E-state index >= 15 is 0 Å². The van der Waals surface area contributed by atoms with E-state index in [1.165, 1.54) is 68.8 Å². The number of rotatable bonds is 3. The van der Waals surface area contributed by atoms with E-state index in [1.807, 2.05) is 0 Å². The Kier molecular flexibility index (Phi) is 9.08. The zero-order chi connectivity index (χ0) is 38.6. The lowest BCUT2D eigenvalue weighted by atomic mass is 9.27. The summed E-state index contributed by atoms with van der Waals surface area (Å²) in [4.78, 5) is 5.67. The van der Waals surface area contributed by atoms with Gasteiger partial charge in [0.15, 0.2) is 0 Å². The fourth-order valence-corrected chi connectivity index (χ4v) is 12.4. The van der Waals surface area contributed by atoms with Crippen LogP contribution in [-0.2, 0) is 21.7 Å². The van der Waals surface area contributed by atoms with Crippen molar-refractivity contribution in [2.24, 2.45) is 0 Å². The molecule has 0 aromatic heterocycles. The molecule has 4 aromatic carbocycles. The minimum Gasteiger partial charge on any atom is -0.339 e. The molecule has 0 radical (unpaired) electrons. The van der Waals surface area contributed by atoms with Crippen molar-refractivity contribution < 1.29 is 0 Å². The van der Waals surface area contributed by atoms with Gasteiger partial charge in [0.05, 0.1) is 0 Å². The number of hydrogen-bond acceptors (Lipinski definition) is 2. The molecule has 4 heteroatoms. The third kappa shape index (κ3) is 6.74. The summed E-state index contributed by atoms with van der Waals surface area (Å²) in [5, 5.41) is 0. The zero-order valence-electron chi connectivity index (χ0n) is 35.8. The van der Waals surface area contributed by atoms with Crippen LogP contribution in [0.2, 0.25) is 31.0 Å². The van der Waals surface area contributed by atoms with Crippen molar-refractivity contribution in [1.82, 2.24) is 0 Å². The van der Waals surface area contributed by atoms with Gasteiger partial charge in [-0.15, -0.1) is 0 Å². The van der Waals surface area contributed by atoms with Crippen molar-refractivity contribution in [3.63, 3.8) is 0 Å². The molecule has 7 rings (SSSR count). The summed E-state index contributed by atoms with van der Waals surface area (Å²) in [6, 6.07) is 35.3. The molecule has 53 heavy (non-hydrogen) atoms. The fourth-order valence-electron chi connectivity index (χ4n) is 10.0. The Morgan fingerprint density at radius 3 is 1.26 bits per heavy atom. The Labute approximate surface area is 324 Å². The summed E-state index contributed by atoms with van der Waals surface area (Å²) in [7, 11) is -1.61. The molecule has 1 fully saturated rings. The van der Waals surface area contributed by atoms with E-state index < -0.39 is 8.07 Å². The average molecular weight is 723 g/mol. The Balaban J connectivity index is 1.55. The van der Waals surface area contributed by atoms with Crippen molar-refractivity contribution in [2.45, 2.75) is 161 Å². The third-order valence-electron chi connectivity index (χ3n) is 13.2. The smallest absolute Gasteiger partial charge is 0.221 e. The lowest BCUT2D eigenvalue weighted by molar-refractivity contribution is 0.370. The topological polar surface area (TPSA) is 6.48 Å². The maximum atomic E-state index is 2.87. The van der Waals surface area contributed by atoms with Gasteiger partial charge in [-0.2, -0.15) is 0 Å². The molecule has 2 heterocycles. The monoisotopic (exact) mass is 723 g/mol. The van der Waals surface area contributed by atoms with Gasteiger partial charge in [0.1, 0.15) is 0 Å². The number of anilines is 4. The first-order chi connectivity index (χ1) is 24.5. The molecule has 0 saturated heterocycles. The minimum absolute atomic E-state index is 0.0590. The standard InChI is InChI=1S/C49H67BN2Si/c1-46(2,3)32-16-22-36(23-17-32)51-40-26-20-34(48(7,8)9)30-38(40)50-39-31-35(49(10,11)12)21-27-41(39)52(37-24-18-33(19-25-37)47(4,5)6)45-43(53(13,14)15)29-28-42(51)44(45)50/h16-27,30-31,42-45H,28-29H2,1-15H3. The van der Waals surface area contributed by atoms with E-state index in [4.69, 9.17) is 0 Å². The Bertz CT molecular complexity index is 1980. The molecule has 0 amide bonds. The van der Waals surface area contributed by atoms with Crippen molar-refractivity contribution >= 4 is 48.5 Å². The second-order valence-electron chi connectivity index (χ2n) is 22.0. The lowest BCUT2D eigenvalue weighted by Crippen LogP contribution is -2.70. The summed E-state index contributed by atoms with van der Waals surface area (Å²) in [6.45, 7) is 36.5. The molecule has 1 aliphatic carbocycles. The normalized spacial score (nSPS) is 22.0. The van der Waals surface area contributed by atoms with Crippen LogP contribution in [-0.4, -0.2) is 26.9 Å². The molecule has 4 atom stereocenters. The summed E-state index contributed by atoms with van der Waals surface area (Å²) >= 11 is 0. The highest BCUT2D eigenvalue weighted by Crippen LogP contribution is 2.57. The molecule has 2 aliphatic heterocycles. The maximum Gasteiger partial charge on any atom is 0.221 e. The van der Waals surface area contributed by atoms with Crippen LogP contribution >= 0.6 is 0 Å². The number of hydrogen-bond donors (Lipinski definition) is 0. The molecular weight excluding hydrogens is 655 g/mol. The molecule has 3 aliphatic rings. The number of fused-ring (bicyclic) bond motifs is 4. The van der Waals surface area contributed by atoms with E-state index in [2.05, 4.69) is 197 Å². The largest absolute Gasteiger partial charge is 0.339 e. The van der Waals surface area contributed by atoms with Crippen LogP contribution in [0.4, 0.5) is 22.7 Å². The molecule has 0 spiro atoms. The quantitative estimate of drug-likeness (QED) is 0.194. The first kappa shape index (κ1) is 38.1. The second kappa shape index (κ2) is 12.7. The molecule has 0 bridgehead atoms. The van der Waals surface area contributed by atoms with Crippen LogP contribution in [0, 0.1) is 0 Å². The minimum atomic E-state index is -1.61. The van der Waals surface area contributed by atoms with Crippen LogP contribution in [0.5, 0.6) is 0 Å². The fraction of sp³-hybridized carbons (Fsp3) is 0.510. The number of nitrogens with zero attached hydrogens (tertiary/aromatic N) is 2. The van der Waals surface area contributed by atoms with Crippen molar-refractivity contribution in [2.75, 3.05) is 9.80 Å². The van der Waals surface area contributed by atoms with Gasteiger partial charge < -0.3 is 9.80 Å². The van der Waals surface area contributed by atoms with Gasteiger partial charge in [-0.1, -0.05) is 162 Å². The molecule has 2 nitrogen and oxygen atoms in total. The Morgan fingerprint density at radius 2 is 0.868 bits per heavy atom. The van der Waals surface area contributed by atoms with E-state index in [0.717, 1.165) is 0 Å². The van der Waals surface area contributed by atoms with Gasteiger partial charge in [0.25, 0.3) is 0 Å². The molecule has 280 valence electrons. The van der Waals surface area contributed by atoms with Gasteiger partial charge in [-0.25, -0.2) is 0 Å². The van der Waals surface area contributed by atoms with E-state index in [1.54, 1.807) is 0 Å². The SMILES string of the molecule is CC(C)(C)c1ccc(N2c3ccc(C(C)(C)C)cc3B3c4cc(C(C)(C)C)ccc4N(c4ccc(C(C)(C)C)cc4)C4C3C2CCC4[Si](C)(C)C)cc1. The lowest BCUT2D eigenvalue weighted by Gasteiger charge is -2.61. The molecule has 4 aromatic rings. The highest BCUT2D eigenvalue weighted by atomic mass is 28.3. The van der Waals surface area contributed by atoms with Crippen molar-refractivity contribution in [3.05, 3.63) is 107 Å². The predicted octanol–water partition coefficient (Wildman–Crippen LogP) is 12.4. The second-order valence-corrected chi connectivity index (χ2v) is 27.5. The van der Waals surface area contributed by atoms with Crippen LogP contribution in [0.1, 0.15) is 118 Å². The van der Waals surface area contributed by atoms with E-state index in [0.29, 0.717) is 30.2 Å².